The van der Waals surface area contributed by atoms with Gasteiger partial charge in [-0.05, 0) is 17.7 Å². The third kappa shape index (κ3) is 0.556. The number of rotatable bonds is 1. The van der Waals surface area contributed by atoms with Gasteiger partial charge in [0.1, 0.15) is 5.69 Å². The Bertz CT molecular complexity index is 296. The smallest absolute Gasteiger partial charge is 0.185 e. The van der Waals surface area contributed by atoms with E-state index >= 15 is 0 Å². The molecular formula is C6H5N3O. The molecule has 0 aromatic heterocycles. The minimum atomic E-state index is 0.693. The zero-order valence-electron chi connectivity index (χ0n) is 5.09. The van der Waals surface area contributed by atoms with Crippen LogP contribution < -0.4 is 0 Å². The van der Waals surface area contributed by atoms with Gasteiger partial charge in [0.2, 0.25) is 0 Å². The van der Waals surface area contributed by atoms with E-state index in [9.17, 15) is 0 Å². The molecule has 0 spiro atoms. The lowest BCUT2D eigenvalue weighted by molar-refractivity contribution is 0.407. The quantitative estimate of drug-likeness (QED) is 0.575. The second-order valence-corrected chi connectivity index (χ2v) is 1.99. The van der Waals surface area contributed by atoms with Crippen LogP contribution >= 0.6 is 0 Å². The topological polar surface area (TPSA) is 65.7 Å². The first-order valence-corrected chi connectivity index (χ1v) is 2.84. The summed E-state index contributed by atoms with van der Waals surface area (Å²) in [4.78, 5) is 0. The highest BCUT2D eigenvalue weighted by molar-refractivity contribution is 5.82. The molecule has 0 atom stereocenters. The summed E-state index contributed by atoms with van der Waals surface area (Å²) < 4.78 is 4.86. The fourth-order valence-corrected chi connectivity index (χ4v) is 0.870. The van der Waals surface area contributed by atoms with Gasteiger partial charge < -0.3 is 9.93 Å². The summed E-state index contributed by atoms with van der Waals surface area (Å²) in [6, 6.07) is 3.54. The van der Waals surface area contributed by atoms with E-state index in [1.807, 2.05) is 0 Å². The number of aromatic amines is 1. The van der Waals surface area contributed by atoms with E-state index in [1.165, 1.54) is 6.21 Å². The summed E-state index contributed by atoms with van der Waals surface area (Å²) in [5.41, 5.74) is 1.58. The lowest BCUT2D eigenvalue weighted by Gasteiger charge is -1.72. The average molecular weight is 135 g/mol. The molecule has 10 heavy (non-hydrogen) atoms. The molecule has 0 radical (unpaired) electrons. The molecule has 4 nitrogen and oxygen atoms in total. The Morgan fingerprint density at radius 3 is 3.20 bits per heavy atom. The van der Waals surface area contributed by atoms with Gasteiger partial charge in [0, 0.05) is 6.21 Å². The molecule has 0 aromatic carbocycles. The van der Waals surface area contributed by atoms with Crippen LogP contribution in [-0.2, 0) is 0 Å². The molecule has 2 N–H and O–H groups in total. The van der Waals surface area contributed by atoms with E-state index in [1.54, 1.807) is 12.1 Å². The Labute approximate surface area is 56.7 Å². The summed E-state index contributed by atoms with van der Waals surface area (Å²) in [5.74, 6) is 0.693. The number of nitrogens with zero attached hydrogens (tertiary/aromatic N) is 1. The largest absolute Gasteiger partial charge is 0.363 e. The molecular weight excluding hydrogens is 130 g/mol. The van der Waals surface area contributed by atoms with Crippen LogP contribution in [0.15, 0.2) is 16.7 Å². The molecule has 0 unspecified atom stereocenters. The Balaban J connectivity index is 2.67. The lowest BCUT2D eigenvalue weighted by atomic mass is 10.4. The summed E-state index contributed by atoms with van der Waals surface area (Å²) >= 11 is 0. The second kappa shape index (κ2) is 1.70. The Kier molecular flexibility index (Phi) is 0.887. The van der Waals surface area contributed by atoms with E-state index in [0.29, 0.717) is 5.76 Å². The summed E-state index contributed by atoms with van der Waals surface area (Å²) in [7, 11) is 0. The van der Waals surface area contributed by atoms with Crippen molar-refractivity contribution < 1.29 is 4.52 Å². The van der Waals surface area contributed by atoms with E-state index < -0.39 is 0 Å². The predicted molar refractivity (Wildman–Crippen MR) is 35.4 cm³/mol. The number of aromatic nitrogens is 2. The third-order valence-electron chi connectivity index (χ3n) is 1.34. The first kappa shape index (κ1) is 5.22. The van der Waals surface area contributed by atoms with Gasteiger partial charge in [-0.15, -0.1) is 10.4 Å². The average Bonchev–Trinajstić information content (AvgIpc) is 2.42. The van der Waals surface area contributed by atoms with Crippen molar-refractivity contribution >= 4 is 6.21 Å². The number of nitrogens with one attached hydrogen (secondary N) is 2. The maximum Gasteiger partial charge on any atom is 0.185 e. The Morgan fingerprint density at radius 2 is 2.50 bits per heavy atom. The zero-order chi connectivity index (χ0) is 6.97. The molecule has 2 aliphatic rings. The third-order valence-corrected chi connectivity index (χ3v) is 1.34. The van der Waals surface area contributed by atoms with Crippen molar-refractivity contribution in [3.8, 4) is 11.5 Å². The van der Waals surface area contributed by atoms with Gasteiger partial charge in [0.15, 0.2) is 5.76 Å². The van der Waals surface area contributed by atoms with Crippen LogP contribution in [0.1, 0.15) is 5.56 Å². The van der Waals surface area contributed by atoms with Gasteiger partial charge in [-0.3, -0.25) is 0 Å². The fraction of sp³-hybridized carbons (Fsp3) is 0. The van der Waals surface area contributed by atoms with Crippen molar-refractivity contribution in [1.29, 1.82) is 5.41 Å². The van der Waals surface area contributed by atoms with Crippen LogP contribution in [0.25, 0.3) is 11.5 Å². The fourth-order valence-electron chi connectivity index (χ4n) is 0.870. The SMILES string of the molecule is N=Cc1cc2n[nH]oc-2c1. The van der Waals surface area contributed by atoms with E-state index in [2.05, 4.69) is 10.4 Å². The zero-order valence-corrected chi connectivity index (χ0v) is 5.09. The van der Waals surface area contributed by atoms with E-state index in [-0.39, 0.29) is 0 Å². The molecule has 2 rings (SSSR count). The summed E-state index contributed by atoms with van der Waals surface area (Å²) in [5, 5.41) is 13.1. The first-order chi connectivity index (χ1) is 4.90. The van der Waals surface area contributed by atoms with Crippen LogP contribution in [-0.4, -0.2) is 16.6 Å². The maximum atomic E-state index is 6.91. The molecule has 0 saturated heterocycles. The molecule has 1 aliphatic carbocycles. The normalized spacial score (nSPS) is 10.4. The molecule has 0 amide bonds. The van der Waals surface area contributed by atoms with Crippen LogP contribution in [0.5, 0.6) is 0 Å². The van der Waals surface area contributed by atoms with Gasteiger partial charge in [0.25, 0.3) is 0 Å². The lowest BCUT2D eigenvalue weighted by Crippen LogP contribution is -1.68. The summed E-state index contributed by atoms with van der Waals surface area (Å²) in [6.45, 7) is 0. The van der Waals surface area contributed by atoms with Crippen molar-refractivity contribution in [1.82, 2.24) is 10.4 Å². The van der Waals surface area contributed by atoms with Crippen LogP contribution in [0.4, 0.5) is 0 Å². The first-order valence-electron chi connectivity index (χ1n) is 2.84. The maximum absolute atomic E-state index is 6.91. The van der Waals surface area contributed by atoms with Gasteiger partial charge >= 0.3 is 0 Å². The van der Waals surface area contributed by atoms with E-state index in [0.717, 1.165) is 11.3 Å². The second-order valence-electron chi connectivity index (χ2n) is 1.99. The standard InChI is InChI=1S/C6H5N3O/c7-3-4-1-5-6(2-4)10-9-8-5/h1-3,7,9H. The van der Waals surface area contributed by atoms with Crippen molar-refractivity contribution in [3.63, 3.8) is 0 Å². The van der Waals surface area contributed by atoms with Gasteiger partial charge in [-0.25, -0.2) is 0 Å². The monoisotopic (exact) mass is 135 g/mol. The molecule has 1 heterocycles. The number of H-pyrrole nitrogens is 1. The number of hydrogen-bond acceptors (Lipinski definition) is 3. The van der Waals surface area contributed by atoms with Crippen molar-refractivity contribution in [3.05, 3.63) is 17.7 Å². The van der Waals surface area contributed by atoms with Crippen molar-refractivity contribution in [2.24, 2.45) is 0 Å². The van der Waals surface area contributed by atoms with Crippen LogP contribution in [0.3, 0.4) is 0 Å². The number of fused-ring (bicyclic) bond motifs is 1. The molecule has 0 saturated carbocycles. The van der Waals surface area contributed by atoms with Gasteiger partial charge in [-0.1, -0.05) is 0 Å². The van der Waals surface area contributed by atoms with Crippen LogP contribution in [0.2, 0.25) is 0 Å². The minimum absolute atomic E-state index is 0.693. The van der Waals surface area contributed by atoms with Gasteiger partial charge in [-0.2, -0.15) is 0 Å². The molecule has 50 valence electrons. The van der Waals surface area contributed by atoms with E-state index in [4.69, 9.17) is 9.93 Å². The molecule has 1 aliphatic heterocycles. The molecule has 4 heteroatoms. The highest BCUT2D eigenvalue weighted by atomic mass is 16.5. The van der Waals surface area contributed by atoms with Gasteiger partial charge in [0.05, 0.1) is 0 Å². The molecule has 0 fully saturated rings. The molecule has 0 aromatic rings. The van der Waals surface area contributed by atoms with Crippen LogP contribution in [0, 0.1) is 5.41 Å². The highest BCUT2D eigenvalue weighted by Crippen LogP contribution is 2.21. The Morgan fingerprint density at radius 1 is 1.60 bits per heavy atom. The molecule has 0 bridgehead atoms. The summed E-state index contributed by atoms with van der Waals surface area (Å²) in [6.07, 6.45) is 1.26. The number of hydrogen-bond donors (Lipinski definition) is 2. The predicted octanol–water partition coefficient (Wildman–Crippen LogP) is 1.11. The van der Waals surface area contributed by atoms with Crippen molar-refractivity contribution in [2.45, 2.75) is 0 Å². The van der Waals surface area contributed by atoms with Crippen molar-refractivity contribution in [2.75, 3.05) is 0 Å². The highest BCUT2D eigenvalue weighted by Gasteiger charge is 2.09. The minimum Gasteiger partial charge on any atom is -0.363 e. The Hall–Kier alpha value is -1.58.